The Bertz CT molecular complexity index is 433. The van der Waals surface area contributed by atoms with Crippen LogP contribution in [0.1, 0.15) is 20.3 Å². The fourth-order valence-corrected chi connectivity index (χ4v) is 2.72. The van der Waals surface area contributed by atoms with Crippen LogP contribution >= 0.6 is 0 Å². The van der Waals surface area contributed by atoms with Gasteiger partial charge in [0.15, 0.2) is 5.60 Å². The molecule has 0 aromatic rings. The minimum absolute atomic E-state index is 0.147. The third kappa shape index (κ3) is 2.47. The van der Waals surface area contributed by atoms with Gasteiger partial charge < -0.3 is 29.9 Å². The third-order valence-corrected chi connectivity index (χ3v) is 4.31. The molecule has 2 heterocycles. The monoisotopic (exact) mass is 287 g/mol. The van der Waals surface area contributed by atoms with Crippen LogP contribution in [0.25, 0.3) is 0 Å². The maximum Gasteiger partial charge on any atom is 0.340 e. The number of quaternary nitrogens is 1. The van der Waals surface area contributed by atoms with E-state index in [2.05, 4.69) is 0 Å². The lowest BCUT2D eigenvalue weighted by Gasteiger charge is -2.40. The van der Waals surface area contributed by atoms with Crippen molar-refractivity contribution in [3.63, 3.8) is 0 Å². The molecule has 2 aliphatic rings. The van der Waals surface area contributed by atoms with Crippen molar-refractivity contribution in [1.82, 2.24) is 0 Å². The SMILES string of the molecule is CC(O)C(C)(O)C(=O)OCC1=CC[N+]2([O-])CC[C@@H](O)[C@@H]12. The number of aliphatic hydroxyl groups excluding tert-OH is 2. The fourth-order valence-electron chi connectivity index (χ4n) is 2.72. The predicted octanol–water partition coefficient (Wildman–Crippen LogP) is -0.951. The number of fused-ring (bicyclic) bond motifs is 1. The highest BCUT2D eigenvalue weighted by Crippen LogP contribution is 2.36. The standard InChI is InChI=1S/C13H21NO6/c1-8(15)13(2,18)12(17)20-7-9-3-5-14(19)6-4-10(16)11(9)14/h3,8,10-11,15-16,18H,4-7H2,1-2H3/t8?,10-,11-,13?,14?/m1/s1. The zero-order valence-corrected chi connectivity index (χ0v) is 11.7. The second kappa shape index (κ2) is 5.09. The van der Waals surface area contributed by atoms with E-state index in [-0.39, 0.29) is 13.2 Å². The lowest BCUT2D eigenvalue weighted by molar-refractivity contribution is -0.877. The molecule has 3 unspecified atom stereocenters. The molecule has 0 saturated carbocycles. The first-order chi connectivity index (χ1) is 9.18. The molecule has 0 aliphatic carbocycles. The van der Waals surface area contributed by atoms with Crippen molar-refractivity contribution >= 4 is 5.97 Å². The quantitative estimate of drug-likeness (QED) is 0.266. The van der Waals surface area contributed by atoms with E-state index in [4.69, 9.17) is 4.74 Å². The summed E-state index contributed by atoms with van der Waals surface area (Å²) in [6, 6.07) is -0.584. The number of nitrogens with zero attached hydrogens (tertiary/aromatic N) is 1. The molecular weight excluding hydrogens is 266 g/mol. The van der Waals surface area contributed by atoms with E-state index in [9.17, 15) is 25.3 Å². The van der Waals surface area contributed by atoms with E-state index in [0.717, 1.165) is 0 Å². The van der Waals surface area contributed by atoms with Crippen LogP contribution in [0.2, 0.25) is 0 Å². The fraction of sp³-hybridized carbons (Fsp3) is 0.769. The molecule has 3 N–H and O–H groups in total. The zero-order valence-electron chi connectivity index (χ0n) is 11.7. The molecule has 20 heavy (non-hydrogen) atoms. The van der Waals surface area contributed by atoms with E-state index in [1.165, 1.54) is 13.8 Å². The highest BCUT2D eigenvalue weighted by atomic mass is 16.6. The van der Waals surface area contributed by atoms with Gasteiger partial charge in [-0.05, 0) is 19.9 Å². The van der Waals surface area contributed by atoms with Gasteiger partial charge in [-0.25, -0.2) is 4.79 Å². The second-order valence-electron chi connectivity index (χ2n) is 5.84. The van der Waals surface area contributed by atoms with Gasteiger partial charge in [-0.2, -0.15) is 0 Å². The highest BCUT2D eigenvalue weighted by molar-refractivity contribution is 5.79. The number of ether oxygens (including phenoxy) is 1. The summed E-state index contributed by atoms with van der Waals surface area (Å²) in [5.74, 6) is -0.947. The largest absolute Gasteiger partial charge is 0.632 e. The Morgan fingerprint density at radius 3 is 2.95 bits per heavy atom. The zero-order chi connectivity index (χ0) is 15.1. The Labute approximate surface area is 117 Å². The lowest BCUT2D eigenvalue weighted by atomic mass is 10.0. The first-order valence-electron chi connectivity index (χ1n) is 6.71. The van der Waals surface area contributed by atoms with Crippen molar-refractivity contribution in [2.45, 2.75) is 44.1 Å². The van der Waals surface area contributed by atoms with Gasteiger partial charge in [-0.1, -0.05) is 0 Å². The van der Waals surface area contributed by atoms with Gasteiger partial charge in [0.25, 0.3) is 0 Å². The topological polar surface area (TPSA) is 110 Å². The van der Waals surface area contributed by atoms with Gasteiger partial charge in [0, 0.05) is 12.0 Å². The van der Waals surface area contributed by atoms with Gasteiger partial charge in [0.1, 0.15) is 18.8 Å². The summed E-state index contributed by atoms with van der Waals surface area (Å²) in [4.78, 5) is 11.7. The normalized spacial score (nSPS) is 37.0. The Kier molecular flexibility index (Phi) is 3.92. The molecule has 0 aromatic carbocycles. The summed E-state index contributed by atoms with van der Waals surface area (Å²) >= 11 is 0. The van der Waals surface area contributed by atoms with Gasteiger partial charge >= 0.3 is 5.97 Å². The third-order valence-electron chi connectivity index (χ3n) is 4.31. The van der Waals surface area contributed by atoms with Gasteiger partial charge in [0.05, 0.1) is 19.2 Å². The average Bonchev–Trinajstić information content (AvgIpc) is 2.84. The van der Waals surface area contributed by atoms with Crippen molar-refractivity contribution in [2.24, 2.45) is 0 Å². The lowest BCUT2D eigenvalue weighted by Crippen LogP contribution is -2.48. The molecule has 2 aliphatic heterocycles. The Hall–Kier alpha value is -0.990. The summed E-state index contributed by atoms with van der Waals surface area (Å²) < 4.78 is 4.48. The van der Waals surface area contributed by atoms with Crippen LogP contribution in [-0.2, 0) is 9.53 Å². The van der Waals surface area contributed by atoms with Crippen LogP contribution in [0.5, 0.6) is 0 Å². The van der Waals surface area contributed by atoms with Crippen molar-refractivity contribution in [3.8, 4) is 0 Å². The maximum atomic E-state index is 12.3. The molecule has 7 heteroatoms. The Morgan fingerprint density at radius 1 is 1.70 bits per heavy atom. The van der Waals surface area contributed by atoms with Crippen molar-refractivity contribution < 1.29 is 29.5 Å². The second-order valence-corrected chi connectivity index (χ2v) is 5.84. The van der Waals surface area contributed by atoms with Crippen molar-refractivity contribution in [2.75, 3.05) is 19.7 Å². The van der Waals surface area contributed by atoms with E-state index in [1.807, 2.05) is 0 Å². The first-order valence-corrected chi connectivity index (χ1v) is 6.71. The van der Waals surface area contributed by atoms with Crippen LogP contribution in [0.3, 0.4) is 0 Å². The molecule has 0 bridgehead atoms. The molecule has 0 amide bonds. The maximum absolute atomic E-state index is 12.3. The number of rotatable bonds is 4. The number of esters is 1. The smallest absolute Gasteiger partial charge is 0.340 e. The van der Waals surface area contributed by atoms with Crippen molar-refractivity contribution in [3.05, 3.63) is 16.9 Å². The molecule has 2 rings (SSSR count). The molecule has 7 nitrogen and oxygen atoms in total. The van der Waals surface area contributed by atoms with Crippen LogP contribution in [0.15, 0.2) is 11.6 Å². The van der Waals surface area contributed by atoms with E-state index in [0.29, 0.717) is 18.5 Å². The van der Waals surface area contributed by atoms with Crippen LogP contribution < -0.4 is 0 Å². The number of carbonyl (C=O) groups excluding carboxylic acids is 1. The van der Waals surface area contributed by atoms with Gasteiger partial charge in [0.2, 0.25) is 0 Å². The minimum Gasteiger partial charge on any atom is -0.632 e. The van der Waals surface area contributed by atoms with Crippen LogP contribution in [0.4, 0.5) is 0 Å². The molecule has 5 atom stereocenters. The molecule has 1 fully saturated rings. The number of hydroxylamine groups is 3. The summed E-state index contributed by atoms with van der Waals surface area (Å²) in [5, 5.41) is 41.3. The minimum atomic E-state index is -1.99. The molecule has 1 saturated heterocycles. The summed E-state index contributed by atoms with van der Waals surface area (Å²) in [6.07, 6.45) is 0.131. The Balaban J connectivity index is 1.97. The number of hydrogen-bond donors (Lipinski definition) is 3. The van der Waals surface area contributed by atoms with Crippen molar-refractivity contribution in [1.29, 1.82) is 0 Å². The summed E-state index contributed by atoms with van der Waals surface area (Å²) in [5.41, 5.74) is -1.41. The molecule has 0 radical (unpaired) electrons. The van der Waals surface area contributed by atoms with E-state index >= 15 is 0 Å². The van der Waals surface area contributed by atoms with Gasteiger partial charge in [-0.15, -0.1) is 0 Å². The molecular formula is C13H21NO6. The highest BCUT2D eigenvalue weighted by Gasteiger charge is 2.48. The molecule has 114 valence electrons. The number of carbonyl (C=O) groups is 1. The van der Waals surface area contributed by atoms with Gasteiger partial charge in [-0.3, -0.25) is 0 Å². The number of aliphatic hydroxyl groups is 3. The Morgan fingerprint density at radius 2 is 2.35 bits per heavy atom. The van der Waals surface area contributed by atoms with E-state index in [1.54, 1.807) is 6.08 Å². The average molecular weight is 287 g/mol. The molecule has 0 aromatic heterocycles. The summed E-state index contributed by atoms with van der Waals surface area (Å²) in [6.45, 7) is 2.93. The number of hydrogen-bond acceptors (Lipinski definition) is 6. The first kappa shape index (κ1) is 15.4. The predicted molar refractivity (Wildman–Crippen MR) is 69.1 cm³/mol. The van der Waals surface area contributed by atoms with Crippen LogP contribution in [-0.4, -0.2) is 69.5 Å². The van der Waals surface area contributed by atoms with E-state index < -0.39 is 34.5 Å². The summed E-state index contributed by atoms with van der Waals surface area (Å²) in [7, 11) is 0. The molecule has 0 spiro atoms. The van der Waals surface area contributed by atoms with Crippen LogP contribution in [0, 0.1) is 5.21 Å².